The summed E-state index contributed by atoms with van der Waals surface area (Å²) in [6, 6.07) is 15.8. The molecule has 3 aromatic rings. The monoisotopic (exact) mass is 335 g/mol. The Morgan fingerprint density at radius 2 is 1.88 bits per heavy atom. The van der Waals surface area contributed by atoms with E-state index in [0.717, 1.165) is 48.8 Å². The third-order valence-corrected chi connectivity index (χ3v) is 4.65. The van der Waals surface area contributed by atoms with Crippen molar-refractivity contribution in [2.24, 2.45) is 5.92 Å². The van der Waals surface area contributed by atoms with Crippen molar-refractivity contribution in [3.05, 3.63) is 54.7 Å². The number of amides is 1. The predicted octanol–water partition coefficient (Wildman–Crippen LogP) is 3.76. The number of ether oxygens (including phenoxy) is 1. The summed E-state index contributed by atoms with van der Waals surface area (Å²) in [7, 11) is 0. The normalized spacial score (nSPS) is 15.4. The van der Waals surface area contributed by atoms with Crippen LogP contribution in [0.15, 0.2) is 54.7 Å². The fourth-order valence-electron chi connectivity index (χ4n) is 3.31. The van der Waals surface area contributed by atoms with Crippen molar-refractivity contribution in [2.45, 2.75) is 19.3 Å². The highest BCUT2D eigenvalue weighted by atomic mass is 16.5. The van der Waals surface area contributed by atoms with Gasteiger partial charge in [-0.25, -0.2) is 4.98 Å². The molecule has 4 rings (SSSR count). The van der Waals surface area contributed by atoms with Crippen molar-refractivity contribution in [1.82, 2.24) is 9.38 Å². The Kier molecular flexibility index (Phi) is 4.48. The van der Waals surface area contributed by atoms with Crippen LogP contribution < -0.4 is 5.32 Å². The molecule has 0 aliphatic carbocycles. The summed E-state index contributed by atoms with van der Waals surface area (Å²) in [4.78, 5) is 17.3. The van der Waals surface area contributed by atoms with Crippen LogP contribution in [-0.4, -0.2) is 28.5 Å². The van der Waals surface area contributed by atoms with Crippen LogP contribution in [0.2, 0.25) is 0 Å². The second-order valence-electron chi connectivity index (χ2n) is 6.41. The molecule has 3 heterocycles. The zero-order valence-electron chi connectivity index (χ0n) is 14.0. The highest BCUT2D eigenvalue weighted by molar-refractivity contribution is 5.94. The minimum Gasteiger partial charge on any atom is -0.381 e. The minimum absolute atomic E-state index is 0.0368. The summed E-state index contributed by atoms with van der Waals surface area (Å²) in [5.41, 5.74) is 2.61. The molecule has 5 nitrogen and oxygen atoms in total. The number of hydrogen-bond donors (Lipinski definition) is 1. The lowest BCUT2D eigenvalue weighted by molar-refractivity contribution is -0.117. The molecule has 1 aromatic carbocycles. The standard InChI is InChI=1S/C20H21N3O2/c24-18(14-15-9-12-25-13-10-15)22-20-19(16-6-2-1-3-7-16)21-17-8-4-5-11-23(17)20/h1-8,11,15H,9-10,12-14H2,(H,22,24). The molecule has 0 saturated carbocycles. The SMILES string of the molecule is O=C(CC1CCOCC1)Nc1c(-c2ccccc2)nc2ccccn12. The molecule has 0 atom stereocenters. The zero-order valence-corrected chi connectivity index (χ0v) is 14.0. The number of imidazole rings is 1. The Hall–Kier alpha value is -2.66. The average Bonchev–Trinajstić information content (AvgIpc) is 3.02. The number of carbonyl (C=O) groups excluding carboxylic acids is 1. The fraction of sp³-hybridized carbons (Fsp3) is 0.300. The van der Waals surface area contributed by atoms with Gasteiger partial charge in [0.05, 0.1) is 0 Å². The Balaban J connectivity index is 1.64. The van der Waals surface area contributed by atoms with Crippen LogP contribution in [0.1, 0.15) is 19.3 Å². The summed E-state index contributed by atoms with van der Waals surface area (Å²) in [6.45, 7) is 1.51. The number of nitrogens with one attached hydrogen (secondary N) is 1. The summed E-state index contributed by atoms with van der Waals surface area (Å²) in [5, 5.41) is 3.10. The van der Waals surface area contributed by atoms with Gasteiger partial charge in [0.25, 0.3) is 0 Å². The predicted molar refractivity (Wildman–Crippen MR) is 97.4 cm³/mol. The Bertz CT molecular complexity index is 867. The summed E-state index contributed by atoms with van der Waals surface area (Å²) >= 11 is 0. The molecule has 2 aromatic heterocycles. The van der Waals surface area contributed by atoms with E-state index in [1.165, 1.54) is 0 Å². The molecular formula is C20H21N3O2. The van der Waals surface area contributed by atoms with Crippen LogP contribution in [0.3, 0.4) is 0 Å². The molecule has 1 amide bonds. The number of aromatic nitrogens is 2. The lowest BCUT2D eigenvalue weighted by Gasteiger charge is -2.21. The van der Waals surface area contributed by atoms with Gasteiger partial charge < -0.3 is 10.1 Å². The molecule has 1 aliphatic rings. The van der Waals surface area contributed by atoms with Gasteiger partial charge in [0.1, 0.15) is 17.2 Å². The molecule has 0 spiro atoms. The number of nitrogens with zero attached hydrogens (tertiary/aromatic N) is 2. The van der Waals surface area contributed by atoms with Crippen molar-refractivity contribution in [3.63, 3.8) is 0 Å². The minimum atomic E-state index is 0.0368. The molecule has 25 heavy (non-hydrogen) atoms. The zero-order chi connectivity index (χ0) is 17.1. The maximum atomic E-state index is 12.6. The molecule has 0 bridgehead atoms. The number of anilines is 1. The highest BCUT2D eigenvalue weighted by Gasteiger charge is 2.20. The molecule has 1 N–H and O–H groups in total. The van der Waals surface area contributed by atoms with E-state index in [1.807, 2.05) is 59.1 Å². The molecular weight excluding hydrogens is 314 g/mol. The number of rotatable bonds is 4. The molecule has 1 saturated heterocycles. The highest BCUT2D eigenvalue weighted by Crippen LogP contribution is 2.29. The molecule has 1 fully saturated rings. The lowest BCUT2D eigenvalue weighted by atomic mass is 9.96. The Morgan fingerprint density at radius 1 is 1.12 bits per heavy atom. The maximum absolute atomic E-state index is 12.6. The van der Waals surface area contributed by atoms with Crippen molar-refractivity contribution >= 4 is 17.4 Å². The number of hydrogen-bond acceptors (Lipinski definition) is 3. The van der Waals surface area contributed by atoms with E-state index in [9.17, 15) is 4.79 Å². The van der Waals surface area contributed by atoms with E-state index in [2.05, 4.69) is 5.32 Å². The molecule has 1 aliphatic heterocycles. The number of pyridine rings is 1. The number of benzene rings is 1. The Morgan fingerprint density at radius 3 is 2.68 bits per heavy atom. The Labute approximate surface area is 146 Å². The van der Waals surface area contributed by atoms with Crippen LogP contribution in [-0.2, 0) is 9.53 Å². The summed E-state index contributed by atoms with van der Waals surface area (Å²) in [5.74, 6) is 1.17. The summed E-state index contributed by atoms with van der Waals surface area (Å²) in [6.07, 6.45) is 4.36. The van der Waals surface area contributed by atoms with Gasteiger partial charge in [0, 0.05) is 31.4 Å². The number of fused-ring (bicyclic) bond motifs is 1. The first kappa shape index (κ1) is 15.8. The van der Waals surface area contributed by atoms with Gasteiger partial charge >= 0.3 is 0 Å². The number of carbonyl (C=O) groups is 1. The fourth-order valence-corrected chi connectivity index (χ4v) is 3.31. The topological polar surface area (TPSA) is 55.6 Å². The molecule has 128 valence electrons. The first-order valence-corrected chi connectivity index (χ1v) is 8.71. The molecule has 0 unspecified atom stereocenters. The van der Waals surface area contributed by atoms with E-state index in [1.54, 1.807) is 0 Å². The van der Waals surface area contributed by atoms with E-state index >= 15 is 0 Å². The van der Waals surface area contributed by atoms with E-state index in [-0.39, 0.29) is 5.91 Å². The maximum Gasteiger partial charge on any atom is 0.225 e. The van der Waals surface area contributed by atoms with Gasteiger partial charge in [-0.15, -0.1) is 0 Å². The van der Waals surface area contributed by atoms with Crippen LogP contribution in [0, 0.1) is 5.92 Å². The third-order valence-electron chi connectivity index (χ3n) is 4.65. The van der Waals surface area contributed by atoms with E-state index in [4.69, 9.17) is 9.72 Å². The van der Waals surface area contributed by atoms with Gasteiger partial charge in [0.2, 0.25) is 5.91 Å². The van der Waals surface area contributed by atoms with Crippen molar-refractivity contribution in [1.29, 1.82) is 0 Å². The van der Waals surface area contributed by atoms with Gasteiger partial charge in [0.15, 0.2) is 0 Å². The van der Waals surface area contributed by atoms with Crippen LogP contribution >= 0.6 is 0 Å². The molecule has 0 radical (unpaired) electrons. The van der Waals surface area contributed by atoms with Crippen LogP contribution in [0.5, 0.6) is 0 Å². The van der Waals surface area contributed by atoms with Crippen molar-refractivity contribution in [3.8, 4) is 11.3 Å². The quantitative estimate of drug-likeness (QED) is 0.790. The lowest BCUT2D eigenvalue weighted by Crippen LogP contribution is -2.22. The summed E-state index contributed by atoms with van der Waals surface area (Å²) < 4.78 is 7.31. The first-order valence-electron chi connectivity index (χ1n) is 8.71. The first-order chi connectivity index (χ1) is 12.3. The molecule has 5 heteroatoms. The smallest absolute Gasteiger partial charge is 0.225 e. The average molecular weight is 335 g/mol. The van der Waals surface area contributed by atoms with E-state index < -0.39 is 0 Å². The largest absolute Gasteiger partial charge is 0.381 e. The van der Waals surface area contributed by atoms with Crippen LogP contribution in [0.25, 0.3) is 16.9 Å². The second kappa shape index (κ2) is 7.07. The van der Waals surface area contributed by atoms with Gasteiger partial charge in [-0.2, -0.15) is 0 Å². The third kappa shape index (κ3) is 3.42. The van der Waals surface area contributed by atoms with Gasteiger partial charge in [-0.05, 0) is 30.9 Å². The second-order valence-corrected chi connectivity index (χ2v) is 6.41. The van der Waals surface area contributed by atoms with Crippen LogP contribution in [0.4, 0.5) is 5.82 Å². The van der Waals surface area contributed by atoms with Gasteiger partial charge in [-0.1, -0.05) is 36.4 Å². The van der Waals surface area contributed by atoms with Gasteiger partial charge in [-0.3, -0.25) is 9.20 Å². The van der Waals surface area contributed by atoms with E-state index in [0.29, 0.717) is 12.3 Å². The van der Waals surface area contributed by atoms with Crippen molar-refractivity contribution in [2.75, 3.05) is 18.5 Å². The van der Waals surface area contributed by atoms with Crippen molar-refractivity contribution < 1.29 is 9.53 Å².